The molecular formula is C18H18N4O3S. The molecule has 3 rings (SSSR count). The van der Waals surface area contributed by atoms with Gasteiger partial charge in [0.05, 0.1) is 25.2 Å². The Kier molecular flexibility index (Phi) is 5.52. The molecule has 3 aromatic rings. The van der Waals surface area contributed by atoms with Gasteiger partial charge in [0.25, 0.3) is 0 Å². The van der Waals surface area contributed by atoms with Crippen molar-refractivity contribution in [2.24, 2.45) is 0 Å². The van der Waals surface area contributed by atoms with Crippen LogP contribution in [0.25, 0.3) is 5.69 Å². The number of methoxy groups -OCH3 is 2. The molecule has 0 saturated carbocycles. The summed E-state index contributed by atoms with van der Waals surface area (Å²) >= 11 is 1.31. The maximum Gasteiger partial charge on any atom is 0.214 e. The van der Waals surface area contributed by atoms with Crippen molar-refractivity contribution in [3.05, 3.63) is 54.1 Å². The Morgan fingerprint density at radius 2 is 1.58 bits per heavy atom. The highest BCUT2D eigenvalue weighted by Gasteiger charge is 2.20. The number of benzene rings is 2. The Morgan fingerprint density at radius 3 is 2.15 bits per heavy atom. The zero-order valence-corrected chi connectivity index (χ0v) is 15.4. The molecule has 7 nitrogen and oxygen atoms in total. The van der Waals surface area contributed by atoms with Crippen LogP contribution in [-0.4, -0.2) is 45.5 Å². The van der Waals surface area contributed by atoms with Gasteiger partial charge in [0, 0.05) is 5.56 Å². The summed E-state index contributed by atoms with van der Waals surface area (Å²) in [4.78, 5) is 12.6. The van der Waals surface area contributed by atoms with Crippen molar-refractivity contribution in [3.8, 4) is 17.2 Å². The van der Waals surface area contributed by atoms with Crippen LogP contribution in [0.5, 0.6) is 11.5 Å². The molecule has 8 heteroatoms. The number of carbonyl (C=O) groups excluding carboxylic acids is 1. The monoisotopic (exact) mass is 370 g/mol. The van der Waals surface area contributed by atoms with E-state index >= 15 is 0 Å². The van der Waals surface area contributed by atoms with Crippen LogP contribution in [0.1, 0.15) is 17.3 Å². The first-order chi connectivity index (χ1) is 12.6. The van der Waals surface area contributed by atoms with Gasteiger partial charge in [-0.15, -0.1) is 5.10 Å². The lowest BCUT2D eigenvalue weighted by Crippen LogP contribution is -2.14. The van der Waals surface area contributed by atoms with Crippen LogP contribution in [-0.2, 0) is 0 Å². The number of thioether (sulfide) groups is 1. The summed E-state index contributed by atoms with van der Waals surface area (Å²) < 4.78 is 11.9. The first kappa shape index (κ1) is 17.9. The van der Waals surface area contributed by atoms with E-state index in [-0.39, 0.29) is 11.0 Å². The number of hydrogen-bond donors (Lipinski definition) is 0. The Balaban J connectivity index is 1.76. The van der Waals surface area contributed by atoms with Crippen LogP contribution >= 0.6 is 11.8 Å². The molecule has 0 radical (unpaired) electrons. The third-order valence-electron chi connectivity index (χ3n) is 3.78. The molecule has 0 bridgehead atoms. The van der Waals surface area contributed by atoms with Crippen LogP contribution < -0.4 is 9.47 Å². The van der Waals surface area contributed by atoms with Crippen molar-refractivity contribution in [2.75, 3.05) is 14.2 Å². The molecule has 0 aliphatic heterocycles. The fourth-order valence-corrected chi connectivity index (χ4v) is 3.22. The van der Waals surface area contributed by atoms with E-state index in [1.807, 2.05) is 31.2 Å². The highest BCUT2D eigenvalue weighted by atomic mass is 32.2. The van der Waals surface area contributed by atoms with Gasteiger partial charge in [-0.2, -0.15) is 4.68 Å². The molecule has 26 heavy (non-hydrogen) atoms. The first-order valence-electron chi connectivity index (χ1n) is 7.90. The highest BCUT2D eigenvalue weighted by Crippen LogP contribution is 2.26. The van der Waals surface area contributed by atoms with Gasteiger partial charge in [0.1, 0.15) is 11.5 Å². The summed E-state index contributed by atoms with van der Waals surface area (Å²) in [5, 5.41) is 12.0. The topological polar surface area (TPSA) is 79.1 Å². The van der Waals surface area contributed by atoms with E-state index in [9.17, 15) is 4.79 Å². The van der Waals surface area contributed by atoms with Crippen LogP contribution in [0, 0.1) is 0 Å². The molecule has 0 fully saturated rings. The average molecular weight is 370 g/mol. The van der Waals surface area contributed by atoms with Crippen molar-refractivity contribution in [3.63, 3.8) is 0 Å². The second kappa shape index (κ2) is 8.01. The SMILES string of the molecule is COc1ccc(C(=O)[C@@H](C)Sc2nnnn2-c2ccc(OC)cc2)cc1. The maximum absolute atomic E-state index is 12.6. The van der Waals surface area contributed by atoms with Crippen LogP contribution in [0.2, 0.25) is 0 Å². The zero-order valence-electron chi connectivity index (χ0n) is 14.6. The summed E-state index contributed by atoms with van der Waals surface area (Å²) in [5.41, 5.74) is 1.41. The predicted octanol–water partition coefficient (Wildman–Crippen LogP) is 3.04. The van der Waals surface area contributed by atoms with Gasteiger partial charge in [0.15, 0.2) is 5.78 Å². The molecule has 0 saturated heterocycles. The average Bonchev–Trinajstić information content (AvgIpc) is 3.15. The van der Waals surface area contributed by atoms with Crippen molar-refractivity contribution in [1.29, 1.82) is 0 Å². The minimum absolute atomic E-state index is 0.00179. The lowest BCUT2D eigenvalue weighted by Gasteiger charge is -2.11. The van der Waals surface area contributed by atoms with Crippen molar-refractivity contribution >= 4 is 17.5 Å². The fraction of sp³-hybridized carbons (Fsp3) is 0.222. The van der Waals surface area contributed by atoms with Gasteiger partial charge in [-0.1, -0.05) is 11.8 Å². The standard InChI is InChI=1S/C18H18N4O3S/c1-12(17(23)13-4-8-15(24-2)9-5-13)26-18-19-20-21-22(18)14-6-10-16(25-3)11-7-14/h4-12H,1-3H3/t12-/m1/s1. The number of Topliss-reactive ketones (excluding diaryl/α,β-unsaturated/α-hetero) is 1. The van der Waals surface area contributed by atoms with Gasteiger partial charge in [0.2, 0.25) is 5.16 Å². The third-order valence-corrected chi connectivity index (χ3v) is 4.82. The van der Waals surface area contributed by atoms with Crippen molar-refractivity contribution in [2.45, 2.75) is 17.3 Å². The van der Waals surface area contributed by atoms with Crippen LogP contribution in [0.4, 0.5) is 0 Å². The summed E-state index contributed by atoms with van der Waals surface area (Å²) in [5.74, 6) is 1.46. The Bertz CT molecular complexity index is 878. The van der Waals surface area contributed by atoms with E-state index in [1.165, 1.54) is 11.8 Å². The van der Waals surface area contributed by atoms with E-state index < -0.39 is 0 Å². The van der Waals surface area contributed by atoms with E-state index in [0.717, 1.165) is 11.4 Å². The van der Waals surface area contributed by atoms with E-state index in [0.29, 0.717) is 16.5 Å². The Labute approximate surface area is 155 Å². The lowest BCUT2D eigenvalue weighted by atomic mass is 10.1. The fourth-order valence-electron chi connectivity index (χ4n) is 2.34. The molecule has 0 amide bonds. The number of tetrazole rings is 1. The van der Waals surface area contributed by atoms with Crippen molar-refractivity contribution in [1.82, 2.24) is 20.2 Å². The molecule has 0 N–H and O–H groups in total. The number of carbonyl (C=O) groups is 1. The van der Waals surface area contributed by atoms with Crippen LogP contribution in [0.3, 0.4) is 0 Å². The number of ether oxygens (including phenoxy) is 2. The molecule has 1 atom stereocenters. The highest BCUT2D eigenvalue weighted by molar-refractivity contribution is 8.00. The molecule has 1 heterocycles. The minimum atomic E-state index is -0.341. The van der Waals surface area contributed by atoms with Gasteiger partial charge in [-0.05, 0) is 65.9 Å². The molecule has 134 valence electrons. The molecule has 1 aromatic heterocycles. The second-order valence-electron chi connectivity index (χ2n) is 5.42. The van der Waals surface area contributed by atoms with Gasteiger partial charge in [-0.3, -0.25) is 4.79 Å². The smallest absolute Gasteiger partial charge is 0.214 e. The maximum atomic E-state index is 12.6. The summed E-state index contributed by atoms with van der Waals surface area (Å²) in [6.07, 6.45) is 0. The zero-order chi connectivity index (χ0) is 18.5. The quantitative estimate of drug-likeness (QED) is 0.467. The number of aromatic nitrogens is 4. The molecule has 0 aliphatic rings. The molecule has 0 spiro atoms. The summed E-state index contributed by atoms with van der Waals surface area (Å²) in [6, 6.07) is 14.4. The minimum Gasteiger partial charge on any atom is -0.497 e. The van der Waals surface area contributed by atoms with Gasteiger partial charge < -0.3 is 9.47 Å². The normalized spacial score (nSPS) is 11.8. The Morgan fingerprint density at radius 1 is 1.00 bits per heavy atom. The molecular weight excluding hydrogens is 352 g/mol. The predicted molar refractivity (Wildman–Crippen MR) is 98.3 cm³/mol. The van der Waals surface area contributed by atoms with E-state index in [1.54, 1.807) is 43.2 Å². The first-order valence-corrected chi connectivity index (χ1v) is 8.78. The second-order valence-corrected chi connectivity index (χ2v) is 6.73. The number of rotatable bonds is 7. The van der Waals surface area contributed by atoms with E-state index in [2.05, 4.69) is 15.5 Å². The Hall–Kier alpha value is -2.87. The number of nitrogens with zero attached hydrogens (tertiary/aromatic N) is 4. The van der Waals surface area contributed by atoms with Crippen molar-refractivity contribution < 1.29 is 14.3 Å². The lowest BCUT2D eigenvalue weighted by molar-refractivity contribution is 0.0994. The molecule has 2 aromatic carbocycles. The van der Waals surface area contributed by atoms with E-state index in [4.69, 9.17) is 9.47 Å². The molecule has 0 unspecified atom stereocenters. The van der Waals surface area contributed by atoms with Crippen LogP contribution in [0.15, 0.2) is 53.7 Å². The van der Waals surface area contributed by atoms with Gasteiger partial charge >= 0.3 is 0 Å². The number of ketones is 1. The van der Waals surface area contributed by atoms with Gasteiger partial charge in [-0.25, -0.2) is 0 Å². The molecule has 0 aliphatic carbocycles. The third kappa shape index (κ3) is 3.85. The summed E-state index contributed by atoms with van der Waals surface area (Å²) in [7, 11) is 3.20. The largest absolute Gasteiger partial charge is 0.497 e. The number of hydrogen-bond acceptors (Lipinski definition) is 7. The summed E-state index contributed by atoms with van der Waals surface area (Å²) in [6.45, 7) is 1.84.